The first-order valence-electron chi connectivity index (χ1n) is 4.48. The number of nitrogens with two attached hydrogens (primary N) is 1. The van der Waals surface area contributed by atoms with Gasteiger partial charge in [0.2, 0.25) is 0 Å². The molecule has 0 saturated carbocycles. The van der Waals surface area contributed by atoms with Crippen LogP contribution in [0.3, 0.4) is 0 Å². The van der Waals surface area contributed by atoms with Gasteiger partial charge < -0.3 is 16.0 Å². The van der Waals surface area contributed by atoms with E-state index in [1.165, 1.54) is 13.0 Å². The Labute approximate surface area is 68.9 Å². The van der Waals surface area contributed by atoms with Gasteiger partial charge in [-0.1, -0.05) is 0 Å². The SMILES string of the molecule is CC1CN(CCN)CCCN1. The lowest BCUT2D eigenvalue weighted by atomic mass is 10.3. The van der Waals surface area contributed by atoms with E-state index in [-0.39, 0.29) is 0 Å². The van der Waals surface area contributed by atoms with Gasteiger partial charge >= 0.3 is 0 Å². The average molecular weight is 157 g/mol. The maximum absolute atomic E-state index is 5.49. The molecule has 1 heterocycles. The lowest BCUT2D eigenvalue weighted by molar-refractivity contribution is 0.280. The van der Waals surface area contributed by atoms with Gasteiger partial charge in [0.25, 0.3) is 0 Å². The predicted molar refractivity (Wildman–Crippen MR) is 47.6 cm³/mol. The third kappa shape index (κ3) is 3.18. The zero-order valence-corrected chi connectivity index (χ0v) is 7.34. The normalized spacial score (nSPS) is 28.4. The van der Waals surface area contributed by atoms with E-state index >= 15 is 0 Å². The quantitative estimate of drug-likeness (QED) is 0.574. The van der Waals surface area contributed by atoms with Gasteiger partial charge in [0, 0.05) is 25.7 Å². The number of hydrogen-bond acceptors (Lipinski definition) is 3. The number of rotatable bonds is 2. The van der Waals surface area contributed by atoms with Crippen LogP contribution in [0.15, 0.2) is 0 Å². The first kappa shape index (κ1) is 8.97. The van der Waals surface area contributed by atoms with Crippen LogP contribution in [0, 0.1) is 0 Å². The summed E-state index contributed by atoms with van der Waals surface area (Å²) in [6, 6.07) is 0.629. The monoisotopic (exact) mass is 157 g/mol. The number of nitrogens with zero attached hydrogens (tertiary/aromatic N) is 1. The molecule has 1 fully saturated rings. The van der Waals surface area contributed by atoms with Crippen LogP contribution in [-0.4, -0.2) is 43.7 Å². The highest BCUT2D eigenvalue weighted by Gasteiger charge is 2.12. The Balaban J connectivity index is 2.27. The van der Waals surface area contributed by atoms with Gasteiger partial charge in [0.1, 0.15) is 0 Å². The maximum atomic E-state index is 5.49. The van der Waals surface area contributed by atoms with Crippen LogP contribution < -0.4 is 11.1 Å². The molecule has 0 aliphatic carbocycles. The highest BCUT2D eigenvalue weighted by atomic mass is 15.2. The summed E-state index contributed by atoms with van der Waals surface area (Å²) in [5, 5.41) is 3.45. The van der Waals surface area contributed by atoms with Crippen molar-refractivity contribution in [1.29, 1.82) is 0 Å². The minimum Gasteiger partial charge on any atom is -0.329 e. The van der Waals surface area contributed by atoms with E-state index in [1.807, 2.05) is 0 Å². The molecule has 1 rings (SSSR count). The molecule has 0 aromatic rings. The zero-order valence-electron chi connectivity index (χ0n) is 7.34. The predicted octanol–water partition coefficient (Wildman–Crippen LogP) is -0.371. The molecule has 3 N–H and O–H groups in total. The highest BCUT2D eigenvalue weighted by molar-refractivity contribution is 4.72. The summed E-state index contributed by atoms with van der Waals surface area (Å²) < 4.78 is 0. The maximum Gasteiger partial charge on any atom is 0.0166 e. The van der Waals surface area contributed by atoms with E-state index in [2.05, 4.69) is 17.1 Å². The van der Waals surface area contributed by atoms with Crippen LogP contribution >= 0.6 is 0 Å². The molecule has 0 bridgehead atoms. The van der Waals surface area contributed by atoms with E-state index in [0.29, 0.717) is 6.04 Å². The summed E-state index contributed by atoms with van der Waals surface area (Å²) in [6.07, 6.45) is 1.25. The lowest BCUT2D eigenvalue weighted by Crippen LogP contribution is -2.37. The standard InChI is InChI=1S/C8H19N3/c1-8-7-11(6-3-9)5-2-4-10-8/h8,10H,2-7,9H2,1H3. The number of hydrogen-bond donors (Lipinski definition) is 2. The topological polar surface area (TPSA) is 41.3 Å². The lowest BCUT2D eigenvalue weighted by Gasteiger charge is -2.20. The van der Waals surface area contributed by atoms with E-state index in [0.717, 1.165) is 26.2 Å². The molecule has 1 unspecified atom stereocenters. The Hall–Kier alpha value is -0.120. The second-order valence-corrected chi connectivity index (χ2v) is 3.30. The van der Waals surface area contributed by atoms with Crippen LogP contribution in [0.2, 0.25) is 0 Å². The van der Waals surface area contributed by atoms with E-state index in [1.54, 1.807) is 0 Å². The van der Waals surface area contributed by atoms with Gasteiger partial charge in [-0.25, -0.2) is 0 Å². The molecule has 0 amide bonds. The Morgan fingerprint density at radius 1 is 1.64 bits per heavy atom. The minimum atomic E-state index is 0.629. The summed E-state index contributed by atoms with van der Waals surface area (Å²) in [6.45, 7) is 7.57. The van der Waals surface area contributed by atoms with Gasteiger partial charge in [-0.15, -0.1) is 0 Å². The smallest absolute Gasteiger partial charge is 0.0166 e. The molecule has 66 valence electrons. The van der Waals surface area contributed by atoms with Crippen LogP contribution in [0.4, 0.5) is 0 Å². The van der Waals surface area contributed by atoms with Gasteiger partial charge in [-0.2, -0.15) is 0 Å². The average Bonchev–Trinajstić information content (AvgIpc) is 2.15. The van der Waals surface area contributed by atoms with Crippen molar-refractivity contribution in [2.24, 2.45) is 5.73 Å². The molecule has 0 radical (unpaired) electrons. The molecule has 1 saturated heterocycles. The second-order valence-electron chi connectivity index (χ2n) is 3.30. The third-order valence-electron chi connectivity index (χ3n) is 2.12. The molecule has 1 atom stereocenters. The molecular formula is C8H19N3. The summed E-state index contributed by atoms with van der Waals surface area (Å²) in [5.41, 5.74) is 5.49. The molecule has 0 spiro atoms. The summed E-state index contributed by atoms with van der Waals surface area (Å²) >= 11 is 0. The molecule has 0 aromatic carbocycles. The van der Waals surface area contributed by atoms with E-state index in [9.17, 15) is 0 Å². The zero-order chi connectivity index (χ0) is 8.10. The van der Waals surface area contributed by atoms with Crippen molar-refractivity contribution in [2.45, 2.75) is 19.4 Å². The molecule has 0 aromatic heterocycles. The van der Waals surface area contributed by atoms with Crippen molar-refractivity contribution in [1.82, 2.24) is 10.2 Å². The van der Waals surface area contributed by atoms with Crippen LogP contribution in [0.1, 0.15) is 13.3 Å². The van der Waals surface area contributed by atoms with Crippen LogP contribution in [0.5, 0.6) is 0 Å². The first-order chi connectivity index (χ1) is 5.33. The molecule has 3 heteroatoms. The molecule has 3 nitrogen and oxygen atoms in total. The van der Waals surface area contributed by atoms with Crippen LogP contribution in [-0.2, 0) is 0 Å². The summed E-state index contributed by atoms with van der Waals surface area (Å²) in [7, 11) is 0. The fraction of sp³-hybridized carbons (Fsp3) is 1.00. The van der Waals surface area contributed by atoms with Crippen molar-refractivity contribution in [3.63, 3.8) is 0 Å². The number of nitrogens with one attached hydrogen (secondary N) is 1. The molecule has 1 aliphatic rings. The fourth-order valence-electron chi connectivity index (χ4n) is 1.58. The fourth-order valence-corrected chi connectivity index (χ4v) is 1.58. The van der Waals surface area contributed by atoms with Crippen LogP contribution in [0.25, 0.3) is 0 Å². The minimum absolute atomic E-state index is 0.629. The second kappa shape index (κ2) is 4.70. The summed E-state index contributed by atoms with van der Waals surface area (Å²) in [4.78, 5) is 2.44. The van der Waals surface area contributed by atoms with Crippen molar-refractivity contribution in [2.75, 3.05) is 32.7 Å². The van der Waals surface area contributed by atoms with Crippen molar-refractivity contribution < 1.29 is 0 Å². The van der Waals surface area contributed by atoms with Crippen molar-refractivity contribution >= 4 is 0 Å². The van der Waals surface area contributed by atoms with Gasteiger partial charge in [0.15, 0.2) is 0 Å². The summed E-state index contributed by atoms with van der Waals surface area (Å²) in [5.74, 6) is 0. The highest BCUT2D eigenvalue weighted by Crippen LogP contribution is 1.98. The molecule has 11 heavy (non-hydrogen) atoms. The van der Waals surface area contributed by atoms with Gasteiger partial charge in [0.05, 0.1) is 0 Å². The molecule has 1 aliphatic heterocycles. The van der Waals surface area contributed by atoms with Gasteiger partial charge in [-0.05, 0) is 26.4 Å². The van der Waals surface area contributed by atoms with Crippen molar-refractivity contribution in [3.8, 4) is 0 Å². The Morgan fingerprint density at radius 3 is 3.18 bits per heavy atom. The van der Waals surface area contributed by atoms with Gasteiger partial charge in [-0.3, -0.25) is 0 Å². The third-order valence-corrected chi connectivity index (χ3v) is 2.12. The molecular weight excluding hydrogens is 138 g/mol. The first-order valence-corrected chi connectivity index (χ1v) is 4.48. The Bertz CT molecular complexity index is 106. The largest absolute Gasteiger partial charge is 0.329 e. The van der Waals surface area contributed by atoms with E-state index < -0.39 is 0 Å². The van der Waals surface area contributed by atoms with Crippen molar-refractivity contribution in [3.05, 3.63) is 0 Å². The Morgan fingerprint density at radius 2 is 2.45 bits per heavy atom. The van der Waals surface area contributed by atoms with E-state index in [4.69, 9.17) is 5.73 Å². The Kier molecular flexibility index (Phi) is 3.83.